The highest BCUT2D eigenvalue weighted by molar-refractivity contribution is 7.93. The zero-order valence-corrected chi connectivity index (χ0v) is 16.7. The number of benzene rings is 1. The fraction of sp³-hybridized carbons (Fsp3) is 0.526. The van der Waals surface area contributed by atoms with E-state index in [1.54, 1.807) is 13.8 Å². The molecule has 0 atom stereocenters. The van der Waals surface area contributed by atoms with Crippen molar-refractivity contribution in [2.24, 2.45) is 0 Å². The van der Waals surface area contributed by atoms with Crippen molar-refractivity contribution in [3.8, 4) is 0 Å². The van der Waals surface area contributed by atoms with Crippen LogP contribution in [-0.4, -0.2) is 57.7 Å². The lowest BCUT2D eigenvalue weighted by molar-refractivity contribution is 0.344. The van der Waals surface area contributed by atoms with Crippen LogP contribution < -0.4 is 9.21 Å². The number of hydrogen-bond donors (Lipinski definition) is 0. The third-order valence-electron chi connectivity index (χ3n) is 5.46. The van der Waals surface area contributed by atoms with Gasteiger partial charge in [0, 0.05) is 19.6 Å². The summed E-state index contributed by atoms with van der Waals surface area (Å²) < 4.78 is 33.3. The highest BCUT2D eigenvalue weighted by Crippen LogP contribution is 2.37. The summed E-state index contributed by atoms with van der Waals surface area (Å²) in [5.74, 6) is 0.335. The van der Waals surface area contributed by atoms with E-state index < -0.39 is 10.0 Å². The molecule has 0 spiro atoms. The Balaban J connectivity index is 1.63. The van der Waals surface area contributed by atoms with E-state index in [1.165, 1.54) is 30.2 Å². The van der Waals surface area contributed by atoms with Gasteiger partial charge in [0.05, 0.1) is 17.9 Å². The first-order chi connectivity index (χ1) is 13.0. The Kier molecular flexibility index (Phi) is 4.86. The topological polar surface area (TPSA) is 69.9 Å². The second-order valence-electron chi connectivity index (χ2n) is 7.25. The number of likely N-dealkylation sites (tertiary alicyclic amines) is 1. The van der Waals surface area contributed by atoms with Crippen molar-refractivity contribution in [1.29, 1.82) is 0 Å². The number of fused-ring (bicyclic) bond motifs is 1. The molecular formula is C19H26N4O3S. The van der Waals surface area contributed by atoms with Gasteiger partial charge in [-0.2, -0.15) is 0 Å². The highest BCUT2D eigenvalue weighted by Gasteiger charge is 2.35. The minimum atomic E-state index is -3.71. The number of sulfonamides is 1. The zero-order valence-electron chi connectivity index (χ0n) is 15.9. The summed E-state index contributed by atoms with van der Waals surface area (Å²) in [4.78, 5) is 4.96. The lowest BCUT2D eigenvalue weighted by Gasteiger charge is -2.38. The molecule has 1 saturated heterocycles. The number of rotatable bonds is 5. The molecule has 0 radical (unpaired) electrons. The summed E-state index contributed by atoms with van der Waals surface area (Å²) in [6.45, 7) is 8.68. The average Bonchev–Trinajstić information content (AvgIpc) is 3.29. The molecule has 0 N–H and O–H groups in total. The van der Waals surface area contributed by atoms with Gasteiger partial charge in [-0.3, -0.25) is 4.31 Å². The maximum atomic E-state index is 13.3. The van der Waals surface area contributed by atoms with Crippen LogP contribution in [0.3, 0.4) is 0 Å². The van der Waals surface area contributed by atoms with E-state index in [9.17, 15) is 8.42 Å². The number of aryl methyl sites for hydroxylation is 2. The first-order valence-electron chi connectivity index (χ1n) is 9.50. The van der Waals surface area contributed by atoms with Crippen molar-refractivity contribution in [2.75, 3.05) is 48.5 Å². The van der Waals surface area contributed by atoms with E-state index in [0.29, 0.717) is 24.5 Å². The standard InChI is InChI=1S/C19H26N4O3S/c1-15-19(16(2)26-20-15)27(24,25)23-14-13-22(12-11-21-9-5-6-10-21)17-7-3-4-8-18(17)23/h3-4,7-8H,5-6,9-14H2,1-2H3. The molecule has 1 aromatic heterocycles. The fourth-order valence-electron chi connectivity index (χ4n) is 4.10. The molecule has 0 unspecified atom stereocenters. The summed E-state index contributed by atoms with van der Waals surface area (Å²) in [7, 11) is -3.71. The van der Waals surface area contributed by atoms with E-state index in [-0.39, 0.29) is 4.90 Å². The molecule has 3 heterocycles. The molecule has 4 rings (SSSR count). The third-order valence-corrected chi connectivity index (χ3v) is 7.52. The van der Waals surface area contributed by atoms with Crippen molar-refractivity contribution in [2.45, 2.75) is 31.6 Å². The van der Waals surface area contributed by atoms with Crippen LogP contribution in [0.1, 0.15) is 24.3 Å². The van der Waals surface area contributed by atoms with Crippen LogP contribution in [0.25, 0.3) is 0 Å². The van der Waals surface area contributed by atoms with Crippen molar-refractivity contribution in [3.05, 3.63) is 35.7 Å². The number of para-hydroxylation sites is 2. The van der Waals surface area contributed by atoms with Gasteiger partial charge in [-0.05, 0) is 51.9 Å². The van der Waals surface area contributed by atoms with Crippen molar-refractivity contribution in [1.82, 2.24) is 10.1 Å². The first-order valence-corrected chi connectivity index (χ1v) is 10.9. The molecule has 1 fully saturated rings. The number of nitrogens with zero attached hydrogens (tertiary/aromatic N) is 4. The van der Waals surface area contributed by atoms with Gasteiger partial charge < -0.3 is 14.3 Å². The Morgan fingerprint density at radius 1 is 1.00 bits per heavy atom. The summed E-state index contributed by atoms with van der Waals surface area (Å²) in [6, 6.07) is 7.74. The molecule has 2 aliphatic rings. The molecule has 7 nitrogen and oxygen atoms in total. The third kappa shape index (κ3) is 3.32. The van der Waals surface area contributed by atoms with Gasteiger partial charge in [-0.25, -0.2) is 8.42 Å². The summed E-state index contributed by atoms with van der Waals surface area (Å²) in [6.07, 6.45) is 2.56. The number of hydrogen-bond acceptors (Lipinski definition) is 6. The maximum Gasteiger partial charge on any atom is 0.269 e. The summed E-state index contributed by atoms with van der Waals surface area (Å²) in [5, 5.41) is 3.82. The molecule has 2 aliphatic heterocycles. The lowest BCUT2D eigenvalue weighted by Crippen LogP contribution is -2.46. The normalized spacial score (nSPS) is 18.1. The number of aromatic nitrogens is 1. The smallest absolute Gasteiger partial charge is 0.269 e. The van der Waals surface area contributed by atoms with Crippen LogP contribution in [0.2, 0.25) is 0 Å². The molecule has 0 bridgehead atoms. The Bertz CT molecular complexity index is 899. The van der Waals surface area contributed by atoms with Gasteiger partial charge >= 0.3 is 0 Å². The summed E-state index contributed by atoms with van der Waals surface area (Å²) in [5.41, 5.74) is 2.10. The van der Waals surface area contributed by atoms with Crippen LogP contribution >= 0.6 is 0 Å². The fourth-order valence-corrected chi connectivity index (χ4v) is 5.87. The second-order valence-corrected chi connectivity index (χ2v) is 9.05. The molecular weight excluding hydrogens is 364 g/mol. The van der Waals surface area contributed by atoms with E-state index in [4.69, 9.17) is 4.52 Å². The van der Waals surface area contributed by atoms with Crippen LogP contribution in [0.15, 0.2) is 33.7 Å². The van der Waals surface area contributed by atoms with Crippen molar-refractivity contribution >= 4 is 21.4 Å². The van der Waals surface area contributed by atoms with Crippen molar-refractivity contribution in [3.63, 3.8) is 0 Å². The Labute approximate surface area is 160 Å². The predicted molar refractivity (Wildman–Crippen MR) is 105 cm³/mol. The molecule has 8 heteroatoms. The minimum absolute atomic E-state index is 0.183. The van der Waals surface area contributed by atoms with Crippen LogP contribution in [0.5, 0.6) is 0 Å². The van der Waals surface area contributed by atoms with Gasteiger partial charge in [-0.15, -0.1) is 0 Å². The SMILES string of the molecule is Cc1noc(C)c1S(=O)(=O)N1CCN(CCN2CCCC2)c2ccccc21. The average molecular weight is 391 g/mol. The van der Waals surface area contributed by atoms with Gasteiger partial charge in [0.15, 0.2) is 10.7 Å². The monoisotopic (exact) mass is 390 g/mol. The van der Waals surface area contributed by atoms with Gasteiger partial charge in [0.25, 0.3) is 10.0 Å². The molecule has 0 saturated carbocycles. The lowest BCUT2D eigenvalue weighted by atomic mass is 10.2. The van der Waals surface area contributed by atoms with Gasteiger partial charge in [-0.1, -0.05) is 17.3 Å². The minimum Gasteiger partial charge on any atom is -0.367 e. The largest absolute Gasteiger partial charge is 0.367 e. The Morgan fingerprint density at radius 3 is 2.37 bits per heavy atom. The van der Waals surface area contributed by atoms with Crippen LogP contribution in [0, 0.1) is 13.8 Å². The molecule has 27 heavy (non-hydrogen) atoms. The second kappa shape index (κ2) is 7.16. The van der Waals surface area contributed by atoms with E-state index in [0.717, 1.165) is 24.5 Å². The van der Waals surface area contributed by atoms with E-state index in [2.05, 4.69) is 15.0 Å². The summed E-state index contributed by atoms with van der Waals surface area (Å²) >= 11 is 0. The highest BCUT2D eigenvalue weighted by atomic mass is 32.2. The maximum absolute atomic E-state index is 13.3. The molecule has 0 aliphatic carbocycles. The molecule has 1 aromatic carbocycles. The van der Waals surface area contributed by atoms with Crippen LogP contribution in [-0.2, 0) is 10.0 Å². The molecule has 2 aromatic rings. The van der Waals surface area contributed by atoms with Crippen LogP contribution in [0.4, 0.5) is 11.4 Å². The van der Waals surface area contributed by atoms with Gasteiger partial charge in [0.1, 0.15) is 5.69 Å². The molecule has 0 amide bonds. The predicted octanol–water partition coefficient (Wildman–Crippen LogP) is 2.40. The van der Waals surface area contributed by atoms with E-state index >= 15 is 0 Å². The number of anilines is 2. The Morgan fingerprint density at radius 2 is 1.70 bits per heavy atom. The van der Waals surface area contributed by atoms with Gasteiger partial charge in [0.2, 0.25) is 0 Å². The van der Waals surface area contributed by atoms with Crippen molar-refractivity contribution < 1.29 is 12.9 Å². The first kappa shape index (κ1) is 18.3. The van der Waals surface area contributed by atoms with E-state index in [1.807, 2.05) is 24.3 Å². The zero-order chi connectivity index (χ0) is 19.0. The quantitative estimate of drug-likeness (QED) is 0.781. The Hall–Kier alpha value is -2.06. The molecule has 146 valence electrons.